The van der Waals surface area contributed by atoms with E-state index in [9.17, 15) is 0 Å². The van der Waals surface area contributed by atoms with E-state index < -0.39 is 0 Å². The highest BCUT2D eigenvalue weighted by molar-refractivity contribution is 6.14. The van der Waals surface area contributed by atoms with Crippen LogP contribution in [0.25, 0.3) is 194 Å². The molecule has 90 heavy (non-hydrogen) atoms. The average molecular weight is 1150 g/mol. The molecule has 0 saturated carbocycles. The van der Waals surface area contributed by atoms with Crippen LogP contribution >= 0.6 is 0 Å². The van der Waals surface area contributed by atoms with Crippen molar-refractivity contribution in [3.05, 3.63) is 279 Å². The lowest BCUT2D eigenvalue weighted by molar-refractivity contribution is 0.668. The van der Waals surface area contributed by atoms with Crippen molar-refractivity contribution in [2.75, 3.05) is 0 Å². The number of nitrogens with zero attached hydrogens (tertiary/aromatic N) is 6. The maximum absolute atomic E-state index is 6.43. The molecule has 0 N–H and O–H groups in total. The summed E-state index contributed by atoms with van der Waals surface area (Å²) in [5.74, 6) is 1.51. The Morgan fingerprint density at radius 3 is 0.867 bits per heavy atom. The van der Waals surface area contributed by atoms with Gasteiger partial charge in [0.05, 0.1) is 33.1 Å². The van der Waals surface area contributed by atoms with E-state index in [2.05, 4.69) is 256 Å². The van der Waals surface area contributed by atoms with E-state index in [-0.39, 0.29) is 0 Å². The van der Waals surface area contributed by atoms with Gasteiger partial charge in [0.2, 0.25) is 11.9 Å². The number of hydrogen-bond donors (Lipinski definition) is 0. The summed E-state index contributed by atoms with van der Waals surface area (Å²) >= 11 is 0. The van der Waals surface area contributed by atoms with Gasteiger partial charge in [0, 0.05) is 75.9 Å². The van der Waals surface area contributed by atoms with Gasteiger partial charge in [-0.05, 0) is 149 Å². The molecule has 0 amide bonds. The summed E-state index contributed by atoms with van der Waals surface area (Å²) in [6.45, 7) is 0. The molecule has 13 aromatic carbocycles. The number of fused-ring (bicyclic) bond motifs is 18. The molecule has 0 aliphatic heterocycles. The highest BCUT2D eigenvalue weighted by Crippen LogP contribution is 2.42. The van der Waals surface area contributed by atoms with Crippen molar-refractivity contribution in [1.29, 1.82) is 0 Å². The van der Waals surface area contributed by atoms with Gasteiger partial charge in [0.1, 0.15) is 33.5 Å². The van der Waals surface area contributed by atoms with Crippen LogP contribution in [0.5, 0.6) is 0 Å². The lowest BCUT2D eigenvalue weighted by atomic mass is 10.0. The topological polar surface area (TPSA) is 92.9 Å². The first-order valence-electron chi connectivity index (χ1n) is 30.3. The molecular weight excluding hydrogens is 1100 g/mol. The second-order valence-electron chi connectivity index (χ2n) is 23.5. The molecular formula is C81H46N6O3. The Kier molecular flexibility index (Phi) is 10.1. The minimum Gasteiger partial charge on any atom is -0.456 e. The van der Waals surface area contributed by atoms with Gasteiger partial charge in [-0.15, -0.1) is 0 Å². The van der Waals surface area contributed by atoms with E-state index in [1.54, 1.807) is 0 Å². The molecule has 7 heterocycles. The molecule has 0 spiro atoms. The van der Waals surface area contributed by atoms with Crippen LogP contribution in [0.2, 0.25) is 0 Å². The molecule has 0 bridgehead atoms. The fraction of sp³-hybridized carbons (Fsp3) is 0. The zero-order chi connectivity index (χ0) is 58.7. The van der Waals surface area contributed by atoms with E-state index in [1.165, 1.54) is 10.8 Å². The van der Waals surface area contributed by atoms with E-state index in [0.717, 1.165) is 165 Å². The van der Waals surface area contributed by atoms with Crippen molar-refractivity contribution in [2.24, 2.45) is 0 Å². The van der Waals surface area contributed by atoms with Gasteiger partial charge in [-0.1, -0.05) is 164 Å². The molecule has 0 saturated heterocycles. The molecule has 0 aliphatic carbocycles. The molecule has 9 nitrogen and oxygen atoms in total. The van der Waals surface area contributed by atoms with Crippen LogP contribution in [0.1, 0.15) is 0 Å². The third-order valence-corrected chi connectivity index (χ3v) is 18.6. The fourth-order valence-corrected chi connectivity index (χ4v) is 14.3. The summed E-state index contributed by atoms with van der Waals surface area (Å²) in [5, 5.41) is 13.3. The minimum atomic E-state index is 0.489. The standard InChI is InChI=1S/C81H46N6O3/c1-7-19-67-55(13-1)58-35-27-48(51-30-38-64-61-16-4-10-22-73(61)88-76(64)44-51)41-70(58)85(67)54-33-25-47(26-34-54)79-82-80(86-68-20-8-2-14-56(68)59-36-28-49(42-71(59)86)52-31-39-65-62-17-5-11-23-74(62)89-77(65)45-52)84-81(83-79)87-69-21-9-3-15-57(69)60-37-29-50(43-72(60)87)53-32-40-66-63-18-6-12-24-75(63)90-78(66)46-53/h1-46H. The number of furan rings is 3. The first kappa shape index (κ1) is 48.9. The quantitative estimate of drug-likeness (QED) is 0.158. The van der Waals surface area contributed by atoms with E-state index in [0.29, 0.717) is 17.7 Å². The summed E-state index contributed by atoms with van der Waals surface area (Å²) in [4.78, 5) is 16.7. The monoisotopic (exact) mass is 1150 g/mol. The zero-order valence-corrected chi connectivity index (χ0v) is 48.0. The van der Waals surface area contributed by atoms with Crippen LogP contribution in [0.3, 0.4) is 0 Å². The highest BCUT2D eigenvalue weighted by Gasteiger charge is 2.23. The van der Waals surface area contributed by atoms with Crippen molar-refractivity contribution in [3.8, 4) is 62.4 Å². The third-order valence-electron chi connectivity index (χ3n) is 18.6. The molecule has 0 fully saturated rings. The van der Waals surface area contributed by atoms with Crippen LogP contribution in [0.15, 0.2) is 292 Å². The molecule has 9 heteroatoms. The van der Waals surface area contributed by atoms with Gasteiger partial charge < -0.3 is 17.8 Å². The van der Waals surface area contributed by atoms with Gasteiger partial charge in [-0.3, -0.25) is 9.13 Å². The normalized spacial score (nSPS) is 12.2. The van der Waals surface area contributed by atoms with Crippen LogP contribution < -0.4 is 0 Å². The van der Waals surface area contributed by atoms with E-state index >= 15 is 0 Å². The number of rotatable bonds is 7. The molecule has 0 aliphatic rings. The Morgan fingerprint density at radius 2 is 0.478 bits per heavy atom. The van der Waals surface area contributed by atoms with Crippen molar-refractivity contribution in [1.82, 2.24) is 28.7 Å². The van der Waals surface area contributed by atoms with Gasteiger partial charge in [0.15, 0.2) is 5.82 Å². The molecule has 418 valence electrons. The lowest BCUT2D eigenvalue weighted by Gasteiger charge is -2.14. The molecule has 20 rings (SSSR count). The summed E-state index contributed by atoms with van der Waals surface area (Å²) in [7, 11) is 0. The van der Waals surface area contributed by atoms with Crippen LogP contribution in [-0.4, -0.2) is 28.7 Å². The van der Waals surface area contributed by atoms with Gasteiger partial charge in [-0.2, -0.15) is 15.0 Å². The SMILES string of the molecule is c1ccc2c(c1)oc1cc(-c3ccc4c5ccccc5n(-c5ccc(-c6nc(-n7c8ccccc8c8ccc(-c9ccc%10c(c9)oc9ccccc9%10)cc87)nc(-n7c8ccccc8c8ccc(-c9ccc%10c(c9)oc9ccccc9%10)cc87)n6)cc5)c4c3)ccc12. The fourth-order valence-electron chi connectivity index (χ4n) is 14.3. The third kappa shape index (κ3) is 7.22. The number of aromatic nitrogens is 6. The van der Waals surface area contributed by atoms with Crippen molar-refractivity contribution in [3.63, 3.8) is 0 Å². The van der Waals surface area contributed by atoms with Gasteiger partial charge in [0.25, 0.3) is 0 Å². The smallest absolute Gasteiger partial charge is 0.240 e. The van der Waals surface area contributed by atoms with E-state index in [4.69, 9.17) is 28.2 Å². The Labute approximate surface area is 511 Å². The molecule has 0 radical (unpaired) electrons. The van der Waals surface area contributed by atoms with Crippen molar-refractivity contribution in [2.45, 2.75) is 0 Å². The Bertz CT molecular complexity index is 6180. The summed E-state index contributed by atoms with van der Waals surface area (Å²) < 4.78 is 26.0. The van der Waals surface area contributed by atoms with Crippen LogP contribution in [0, 0.1) is 0 Å². The first-order valence-corrected chi connectivity index (χ1v) is 30.3. The van der Waals surface area contributed by atoms with Crippen molar-refractivity contribution >= 4 is 131 Å². The second kappa shape index (κ2) is 18.6. The summed E-state index contributed by atoms with van der Waals surface area (Å²) in [6, 6.07) is 98.8. The summed E-state index contributed by atoms with van der Waals surface area (Å²) in [5.41, 5.74) is 19.5. The lowest BCUT2D eigenvalue weighted by Crippen LogP contribution is -2.10. The van der Waals surface area contributed by atoms with Crippen LogP contribution in [-0.2, 0) is 0 Å². The zero-order valence-electron chi connectivity index (χ0n) is 48.0. The number of benzene rings is 13. The highest BCUT2D eigenvalue weighted by atomic mass is 16.3. The van der Waals surface area contributed by atoms with E-state index in [1.807, 2.05) is 36.4 Å². The molecule has 0 atom stereocenters. The maximum atomic E-state index is 6.43. The predicted octanol–water partition coefficient (Wildman–Crippen LogP) is 21.5. The van der Waals surface area contributed by atoms with Gasteiger partial charge in [-0.25, -0.2) is 0 Å². The Hall–Kier alpha value is -12.3. The number of para-hydroxylation sites is 6. The molecule has 7 aromatic heterocycles. The maximum Gasteiger partial charge on any atom is 0.240 e. The second-order valence-corrected chi connectivity index (χ2v) is 23.5. The van der Waals surface area contributed by atoms with Crippen molar-refractivity contribution < 1.29 is 13.3 Å². The first-order chi connectivity index (χ1) is 44.6. The van der Waals surface area contributed by atoms with Crippen LogP contribution in [0.4, 0.5) is 0 Å². The Balaban J connectivity index is 0.783. The largest absolute Gasteiger partial charge is 0.456 e. The molecule has 0 unspecified atom stereocenters. The molecule has 20 aromatic rings. The number of hydrogen-bond acceptors (Lipinski definition) is 6. The Morgan fingerprint density at radius 1 is 0.200 bits per heavy atom. The minimum absolute atomic E-state index is 0.489. The van der Waals surface area contributed by atoms with Gasteiger partial charge >= 0.3 is 0 Å². The summed E-state index contributed by atoms with van der Waals surface area (Å²) in [6.07, 6.45) is 0. The average Bonchev–Trinajstić information content (AvgIpc) is 1.74. The predicted molar refractivity (Wildman–Crippen MR) is 366 cm³/mol.